The zero-order valence-electron chi connectivity index (χ0n) is 23.1. The van der Waals surface area contributed by atoms with Gasteiger partial charge in [-0.15, -0.1) is 0 Å². The van der Waals surface area contributed by atoms with Crippen LogP contribution in [-0.4, -0.2) is 32.0 Å². The maximum Gasteiger partial charge on any atom is 0.330 e. The highest BCUT2D eigenvalue weighted by Crippen LogP contribution is 2.15. The number of nitrogens with two attached hydrogens (primary N) is 1. The summed E-state index contributed by atoms with van der Waals surface area (Å²) in [7, 11) is 0. The number of nitrogens with zero attached hydrogens (tertiary/aromatic N) is 2. The van der Waals surface area contributed by atoms with Crippen LogP contribution in [-0.2, 0) is 13.1 Å². The average molecular weight is 627 g/mol. The monoisotopic (exact) mass is 626 g/mol. The van der Waals surface area contributed by atoms with Crippen LogP contribution in [0.15, 0.2) is 92.0 Å². The Kier molecular flexibility index (Phi) is 13.6. The Morgan fingerprint density at radius 1 is 0.744 bits per heavy atom. The summed E-state index contributed by atoms with van der Waals surface area (Å²) < 4.78 is 49.1. The number of hydrogen-bond donors (Lipinski definition) is 4. The Hall–Kier alpha value is -4.43. The normalized spacial score (nSPS) is 12.0. The van der Waals surface area contributed by atoms with Gasteiger partial charge in [0.15, 0.2) is 0 Å². The SMILES string of the molecule is C[C@H](N)c1ccccc1.C[C@H](Nc1cc(=O)n(CC(F)F)c(=O)[nH]1)c1ccccc1.O=c1cc(Cl)[nH]c(=O)n1CC(F)F. The number of aromatic nitrogens is 4. The molecule has 15 heteroatoms. The van der Waals surface area contributed by atoms with Gasteiger partial charge < -0.3 is 11.1 Å². The van der Waals surface area contributed by atoms with Crippen molar-refractivity contribution < 1.29 is 17.6 Å². The summed E-state index contributed by atoms with van der Waals surface area (Å²) in [4.78, 5) is 49.6. The summed E-state index contributed by atoms with van der Waals surface area (Å²) in [6.45, 7) is 2.00. The molecule has 2 aromatic heterocycles. The van der Waals surface area contributed by atoms with E-state index in [1.54, 1.807) is 0 Å². The first-order valence-electron chi connectivity index (χ1n) is 12.8. The van der Waals surface area contributed by atoms with Gasteiger partial charge in [0, 0.05) is 24.2 Å². The van der Waals surface area contributed by atoms with E-state index in [1.165, 1.54) is 5.56 Å². The third-order valence-corrected chi connectivity index (χ3v) is 5.85. The molecule has 0 saturated heterocycles. The number of nitrogens with one attached hydrogen (secondary N) is 3. The lowest BCUT2D eigenvalue weighted by molar-refractivity contribution is 0.123. The van der Waals surface area contributed by atoms with Crippen LogP contribution in [0, 0.1) is 0 Å². The lowest BCUT2D eigenvalue weighted by Crippen LogP contribution is -2.37. The summed E-state index contributed by atoms with van der Waals surface area (Å²) in [5, 5.41) is 2.80. The van der Waals surface area contributed by atoms with Crippen LogP contribution >= 0.6 is 11.6 Å². The highest BCUT2D eigenvalue weighted by molar-refractivity contribution is 6.29. The number of H-pyrrole nitrogens is 2. The summed E-state index contributed by atoms with van der Waals surface area (Å²) in [5.41, 5.74) is 4.38. The van der Waals surface area contributed by atoms with E-state index < -0.39 is 48.4 Å². The molecule has 5 N–H and O–H groups in total. The number of hydrogen-bond acceptors (Lipinski definition) is 6. The van der Waals surface area contributed by atoms with Crippen molar-refractivity contribution in [3.05, 3.63) is 131 Å². The van der Waals surface area contributed by atoms with Crippen LogP contribution in [0.3, 0.4) is 0 Å². The minimum absolute atomic E-state index is 0.146. The lowest BCUT2D eigenvalue weighted by atomic mass is 10.1. The Morgan fingerprint density at radius 3 is 1.58 bits per heavy atom. The number of rotatable bonds is 8. The van der Waals surface area contributed by atoms with Crippen molar-refractivity contribution in [2.45, 2.75) is 51.9 Å². The highest BCUT2D eigenvalue weighted by Gasteiger charge is 2.12. The molecule has 4 rings (SSSR count). The quantitative estimate of drug-likeness (QED) is 0.171. The largest absolute Gasteiger partial charge is 0.365 e. The molecule has 0 fully saturated rings. The number of aromatic amines is 2. The second kappa shape index (κ2) is 16.9. The van der Waals surface area contributed by atoms with Gasteiger partial charge in [-0.25, -0.2) is 27.2 Å². The van der Waals surface area contributed by atoms with Crippen LogP contribution in [0.2, 0.25) is 5.15 Å². The number of alkyl halides is 4. The van der Waals surface area contributed by atoms with Crippen molar-refractivity contribution in [3.63, 3.8) is 0 Å². The third-order valence-electron chi connectivity index (χ3n) is 5.65. The summed E-state index contributed by atoms with van der Waals surface area (Å²) in [6.07, 6.45) is -5.51. The molecular weight excluding hydrogens is 596 g/mol. The van der Waals surface area contributed by atoms with Gasteiger partial charge in [-0.2, -0.15) is 0 Å². The average Bonchev–Trinajstić information content (AvgIpc) is 2.94. The van der Waals surface area contributed by atoms with Crippen molar-refractivity contribution in [1.82, 2.24) is 19.1 Å². The third kappa shape index (κ3) is 11.8. The van der Waals surface area contributed by atoms with Crippen LogP contribution in [0.25, 0.3) is 0 Å². The fraction of sp³-hybridized carbons (Fsp3) is 0.286. The van der Waals surface area contributed by atoms with Crippen molar-refractivity contribution >= 4 is 17.4 Å². The van der Waals surface area contributed by atoms with Crippen molar-refractivity contribution in [3.8, 4) is 0 Å². The molecule has 0 spiro atoms. The molecule has 2 atom stereocenters. The highest BCUT2D eigenvalue weighted by atomic mass is 35.5. The first-order chi connectivity index (χ1) is 20.3. The first-order valence-corrected chi connectivity index (χ1v) is 13.2. The summed E-state index contributed by atoms with van der Waals surface area (Å²) >= 11 is 5.30. The molecule has 0 aliphatic carbocycles. The van der Waals surface area contributed by atoms with Gasteiger partial charge >= 0.3 is 11.4 Å². The van der Waals surface area contributed by atoms with Gasteiger partial charge in [-0.1, -0.05) is 72.3 Å². The number of halogens is 5. The minimum atomic E-state index is -2.76. The van der Waals surface area contributed by atoms with Gasteiger partial charge in [0.25, 0.3) is 24.0 Å². The van der Waals surface area contributed by atoms with E-state index in [4.69, 9.17) is 17.3 Å². The van der Waals surface area contributed by atoms with Gasteiger partial charge in [-0.05, 0) is 25.0 Å². The molecule has 0 saturated carbocycles. The molecule has 0 radical (unpaired) electrons. The lowest BCUT2D eigenvalue weighted by Gasteiger charge is -2.15. The fourth-order valence-electron chi connectivity index (χ4n) is 3.53. The zero-order chi connectivity index (χ0) is 32.1. The Labute approximate surface area is 247 Å². The van der Waals surface area contributed by atoms with E-state index in [0.717, 1.165) is 17.7 Å². The van der Waals surface area contributed by atoms with Crippen molar-refractivity contribution in [2.24, 2.45) is 5.73 Å². The molecule has 0 amide bonds. The molecule has 232 valence electrons. The van der Waals surface area contributed by atoms with Gasteiger partial charge in [0.05, 0.1) is 13.1 Å². The molecular formula is C28H31ClF4N6O4. The van der Waals surface area contributed by atoms with Crippen LogP contribution in [0.1, 0.15) is 37.1 Å². The van der Waals surface area contributed by atoms with E-state index in [1.807, 2.05) is 79.5 Å². The second-order valence-electron chi connectivity index (χ2n) is 9.07. The second-order valence-corrected chi connectivity index (χ2v) is 9.47. The topological polar surface area (TPSA) is 148 Å². The minimum Gasteiger partial charge on any atom is -0.365 e. The fourth-order valence-corrected chi connectivity index (χ4v) is 3.70. The van der Waals surface area contributed by atoms with E-state index in [2.05, 4.69) is 10.3 Å². The van der Waals surface area contributed by atoms with E-state index in [0.29, 0.717) is 9.13 Å². The van der Waals surface area contributed by atoms with Gasteiger partial charge in [0.1, 0.15) is 11.0 Å². The van der Waals surface area contributed by atoms with Crippen molar-refractivity contribution in [1.29, 1.82) is 0 Å². The summed E-state index contributed by atoms with van der Waals surface area (Å²) in [5.74, 6) is 0.201. The Balaban J connectivity index is 0.000000249. The van der Waals surface area contributed by atoms with Gasteiger partial charge in [-0.3, -0.25) is 28.7 Å². The number of benzene rings is 2. The first kappa shape index (κ1) is 34.8. The molecule has 2 aromatic carbocycles. The van der Waals surface area contributed by atoms with E-state index in [-0.39, 0.29) is 23.1 Å². The number of anilines is 1. The standard InChI is InChI=1S/C14H15F2N3O2.C8H11N.C6H5ClF2N2O2/c1-9(10-5-3-2-4-6-10)17-12-7-13(20)19(8-11(15)16)14(21)18-12;1-7(9)8-5-3-2-4-6-8;7-3-1-5(12)11(2-4(8)9)6(13)10-3/h2-7,9,11,17H,8H2,1H3,(H,18,21);2-7H,9H2,1H3;1,4H,2H2,(H,10,13)/t9-;7-;/m00./s1. The smallest absolute Gasteiger partial charge is 0.330 e. The Bertz CT molecular complexity index is 1600. The maximum absolute atomic E-state index is 12.3. The van der Waals surface area contributed by atoms with Crippen LogP contribution in [0.4, 0.5) is 23.4 Å². The molecule has 10 nitrogen and oxygen atoms in total. The van der Waals surface area contributed by atoms with Crippen LogP contribution in [0.5, 0.6) is 0 Å². The molecule has 43 heavy (non-hydrogen) atoms. The molecule has 4 aromatic rings. The van der Waals surface area contributed by atoms with Crippen molar-refractivity contribution in [2.75, 3.05) is 5.32 Å². The zero-order valence-corrected chi connectivity index (χ0v) is 23.9. The molecule has 0 unspecified atom stereocenters. The van der Waals surface area contributed by atoms with E-state index in [9.17, 15) is 36.7 Å². The molecule has 0 bridgehead atoms. The van der Waals surface area contributed by atoms with Crippen LogP contribution < -0.4 is 33.5 Å². The molecule has 0 aliphatic heterocycles. The molecule has 2 heterocycles. The van der Waals surface area contributed by atoms with Gasteiger partial charge in [0.2, 0.25) is 0 Å². The predicted octanol–water partition coefficient (Wildman–Crippen LogP) is 4.14. The summed E-state index contributed by atoms with van der Waals surface area (Å²) in [6, 6.07) is 21.4. The Morgan fingerprint density at radius 2 is 1.19 bits per heavy atom. The maximum atomic E-state index is 12.3. The van der Waals surface area contributed by atoms with E-state index >= 15 is 0 Å². The predicted molar refractivity (Wildman–Crippen MR) is 157 cm³/mol. The molecule has 0 aliphatic rings.